The first-order chi connectivity index (χ1) is 4.77. The van der Waals surface area contributed by atoms with Crippen LogP contribution in [0.4, 0.5) is 0 Å². The van der Waals surface area contributed by atoms with Gasteiger partial charge in [-0.05, 0) is 0 Å². The van der Waals surface area contributed by atoms with Crippen molar-refractivity contribution in [1.29, 1.82) is 0 Å². The molecule has 2 N–H and O–H groups in total. The molecule has 1 aliphatic heterocycles. The Morgan fingerprint density at radius 3 is 2.50 bits per heavy atom. The van der Waals surface area contributed by atoms with Crippen LogP contribution < -0.4 is 0 Å². The molecule has 60 valence electrons. The molecule has 0 saturated carbocycles. The highest BCUT2D eigenvalue weighted by Crippen LogP contribution is 2.16. The summed E-state index contributed by atoms with van der Waals surface area (Å²) in [5.41, 5.74) is 0. The first-order valence-electron chi connectivity index (χ1n) is 3.02. The van der Waals surface area contributed by atoms with Gasteiger partial charge in [0.1, 0.15) is 0 Å². The summed E-state index contributed by atoms with van der Waals surface area (Å²) in [5.74, 6) is 0. The molecular weight excluding hydrogens is 140 g/mol. The van der Waals surface area contributed by atoms with E-state index in [1.54, 1.807) is 0 Å². The second kappa shape index (κ2) is 3.27. The molecule has 0 unspecified atom stereocenters. The Morgan fingerprint density at radius 2 is 2.00 bits per heavy atom. The first kappa shape index (κ1) is 7.90. The Labute approximate surface area is 58.1 Å². The van der Waals surface area contributed by atoms with Gasteiger partial charge in [0.25, 0.3) is 0 Å². The van der Waals surface area contributed by atoms with Crippen LogP contribution in [0.5, 0.6) is 0 Å². The molecule has 0 atom stereocenters. The van der Waals surface area contributed by atoms with E-state index >= 15 is 0 Å². The van der Waals surface area contributed by atoms with Crippen LogP contribution in [-0.2, 0) is 14.2 Å². The quantitative estimate of drug-likeness (QED) is 0.486. The van der Waals surface area contributed by atoms with E-state index < -0.39 is 6.16 Å². The molecular formula is C5H10O5. The maximum absolute atomic E-state index is 9.04. The third-order valence-electron chi connectivity index (χ3n) is 1.03. The predicted octanol–water partition coefficient (Wildman–Crippen LogP) is -1.35. The molecule has 10 heavy (non-hydrogen) atoms. The summed E-state index contributed by atoms with van der Waals surface area (Å²) in [4.78, 5) is 0. The minimum absolute atomic E-state index is 0.00347. The molecule has 0 amide bonds. The minimum atomic E-state index is -1.91. The van der Waals surface area contributed by atoms with E-state index in [1.165, 1.54) is 0 Å². The third-order valence-corrected chi connectivity index (χ3v) is 1.03. The molecule has 5 nitrogen and oxygen atoms in total. The van der Waals surface area contributed by atoms with Crippen molar-refractivity contribution in [2.24, 2.45) is 0 Å². The first-order valence-corrected chi connectivity index (χ1v) is 3.02. The van der Waals surface area contributed by atoms with Gasteiger partial charge in [-0.2, -0.15) is 0 Å². The average molecular weight is 150 g/mol. The number of ether oxygens (including phenoxy) is 3. The molecule has 1 fully saturated rings. The van der Waals surface area contributed by atoms with Gasteiger partial charge in [-0.25, -0.2) is 0 Å². The number of hydrogen-bond donors (Lipinski definition) is 2. The monoisotopic (exact) mass is 150 g/mol. The van der Waals surface area contributed by atoms with Crippen molar-refractivity contribution in [2.45, 2.75) is 6.16 Å². The molecule has 1 rings (SSSR count). The lowest BCUT2D eigenvalue weighted by Gasteiger charge is -2.18. The molecule has 1 saturated heterocycles. The van der Waals surface area contributed by atoms with E-state index in [4.69, 9.17) is 10.2 Å². The van der Waals surface area contributed by atoms with Gasteiger partial charge in [0.2, 0.25) is 0 Å². The number of hydrogen-bond acceptors (Lipinski definition) is 5. The SMILES string of the molecule is OCCOC1(O)OCCO1. The van der Waals surface area contributed by atoms with Crippen molar-refractivity contribution < 1.29 is 24.4 Å². The highest BCUT2D eigenvalue weighted by atomic mass is 17.0. The van der Waals surface area contributed by atoms with Crippen LogP contribution in [0.25, 0.3) is 0 Å². The molecule has 0 aliphatic carbocycles. The molecule has 0 bridgehead atoms. The van der Waals surface area contributed by atoms with Crippen LogP contribution in [0.1, 0.15) is 0 Å². The zero-order valence-electron chi connectivity index (χ0n) is 5.45. The van der Waals surface area contributed by atoms with Crippen LogP contribution in [0.2, 0.25) is 0 Å². The summed E-state index contributed by atoms with van der Waals surface area (Å²) in [6.07, 6.45) is -1.91. The van der Waals surface area contributed by atoms with Crippen LogP contribution >= 0.6 is 0 Å². The second-order valence-corrected chi connectivity index (χ2v) is 1.79. The van der Waals surface area contributed by atoms with Crippen molar-refractivity contribution in [3.8, 4) is 0 Å². The number of aliphatic hydroxyl groups is 2. The van der Waals surface area contributed by atoms with E-state index in [0.29, 0.717) is 13.2 Å². The highest BCUT2D eigenvalue weighted by molar-refractivity contribution is 4.46. The van der Waals surface area contributed by atoms with Crippen LogP contribution in [0.3, 0.4) is 0 Å². The molecule has 5 heteroatoms. The number of rotatable bonds is 3. The summed E-state index contributed by atoms with van der Waals surface area (Å²) < 4.78 is 13.9. The lowest BCUT2D eigenvalue weighted by atomic mass is 10.8. The Bertz CT molecular complexity index is 98.2. The summed E-state index contributed by atoms with van der Waals surface area (Å²) in [6.45, 7) is 0.440. The molecule has 0 radical (unpaired) electrons. The fraction of sp³-hybridized carbons (Fsp3) is 1.00. The maximum atomic E-state index is 9.04. The molecule has 1 aliphatic rings. The topological polar surface area (TPSA) is 68.2 Å². The fourth-order valence-electron chi connectivity index (χ4n) is 0.641. The zero-order valence-corrected chi connectivity index (χ0v) is 5.45. The van der Waals surface area contributed by atoms with Gasteiger partial charge < -0.3 is 24.4 Å². The van der Waals surface area contributed by atoms with E-state index in [1.807, 2.05) is 0 Å². The Kier molecular flexibility index (Phi) is 2.58. The Balaban J connectivity index is 2.22. The highest BCUT2D eigenvalue weighted by Gasteiger charge is 2.35. The molecule has 0 aromatic carbocycles. The lowest BCUT2D eigenvalue weighted by molar-refractivity contribution is -0.447. The zero-order chi connectivity index (χ0) is 7.45. The summed E-state index contributed by atoms with van der Waals surface area (Å²) in [7, 11) is 0. The van der Waals surface area contributed by atoms with Gasteiger partial charge in [0.05, 0.1) is 26.4 Å². The molecule has 0 aromatic rings. The smallest absolute Gasteiger partial charge is 0.394 e. The van der Waals surface area contributed by atoms with Gasteiger partial charge in [-0.3, -0.25) is 0 Å². The van der Waals surface area contributed by atoms with Crippen LogP contribution in [0.15, 0.2) is 0 Å². The van der Waals surface area contributed by atoms with Crippen molar-refractivity contribution in [3.63, 3.8) is 0 Å². The Morgan fingerprint density at radius 1 is 1.40 bits per heavy atom. The fourth-order valence-corrected chi connectivity index (χ4v) is 0.641. The van der Waals surface area contributed by atoms with Crippen molar-refractivity contribution >= 4 is 0 Å². The van der Waals surface area contributed by atoms with Gasteiger partial charge in [-0.1, -0.05) is 0 Å². The van der Waals surface area contributed by atoms with E-state index in [-0.39, 0.29) is 13.2 Å². The minimum Gasteiger partial charge on any atom is -0.394 e. The van der Waals surface area contributed by atoms with E-state index in [0.717, 1.165) is 0 Å². The third kappa shape index (κ3) is 1.89. The predicted molar refractivity (Wildman–Crippen MR) is 29.9 cm³/mol. The normalized spacial score (nSPS) is 23.4. The van der Waals surface area contributed by atoms with Crippen LogP contribution in [0, 0.1) is 0 Å². The molecule has 1 heterocycles. The van der Waals surface area contributed by atoms with Gasteiger partial charge in [0, 0.05) is 0 Å². The van der Waals surface area contributed by atoms with Crippen molar-refractivity contribution in [3.05, 3.63) is 0 Å². The van der Waals surface area contributed by atoms with Crippen molar-refractivity contribution in [2.75, 3.05) is 26.4 Å². The summed E-state index contributed by atoms with van der Waals surface area (Å²) >= 11 is 0. The molecule has 0 aromatic heterocycles. The van der Waals surface area contributed by atoms with E-state index in [9.17, 15) is 0 Å². The largest absolute Gasteiger partial charge is 0.410 e. The van der Waals surface area contributed by atoms with Gasteiger partial charge >= 0.3 is 6.16 Å². The van der Waals surface area contributed by atoms with E-state index in [2.05, 4.69) is 14.2 Å². The van der Waals surface area contributed by atoms with Gasteiger partial charge in [0.15, 0.2) is 0 Å². The van der Waals surface area contributed by atoms with Crippen molar-refractivity contribution in [1.82, 2.24) is 0 Å². The Hall–Kier alpha value is -0.200. The number of aliphatic hydroxyl groups excluding tert-OH is 1. The molecule has 0 spiro atoms. The van der Waals surface area contributed by atoms with Gasteiger partial charge in [-0.15, -0.1) is 0 Å². The second-order valence-electron chi connectivity index (χ2n) is 1.79. The average Bonchev–Trinajstić information content (AvgIpc) is 2.33. The summed E-state index contributed by atoms with van der Waals surface area (Å²) in [6, 6.07) is 0. The lowest BCUT2D eigenvalue weighted by Crippen LogP contribution is -2.34. The summed E-state index contributed by atoms with van der Waals surface area (Å²) in [5, 5.41) is 17.3. The van der Waals surface area contributed by atoms with Crippen LogP contribution in [-0.4, -0.2) is 42.8 Å². The maximum Gasteiger partial charge on any atom is 0.410 e. The standard InChI is InChI=1S/C5H10O5/c6-1-2-8-5(7)9-3-4-10-5/h6-7H,1-4H2.